The fourth-order valence-corrected chi connectivity index (χ4v) is 5.87. The summed E-state index contributed by atoms with van der Waals surface area (Å²) in [5, 5.41) is 10.2. The fourth-order valence-electron chi connectivity index (χ4n) is 4.61. The van der Waals surface area contributed by atoms with Gasteiger partial charge in [0.15, 0.2) is 5.78 Å². The van der Waals surface area contributed by atoms with Crippen molar-refractivity contribution in [3.63, 3.8) is 0 Å². The number of aliphatic hydroxyl groups excluding tert-OH is 1. The number of ether oxygens (including phenoxy) is 2. The normalized spacial score (nSPS) is 23.7. The predicted molar refractivity (Wildman–Crippen MR) is 126 cm³/mol. The van der Waals surface area contributed by atoms with Crippen molar-refractivity contribution in [1.29, 1.82) is 0 Å². The van der Waals surface area contributed by atoms with E-state index < -0.39 is 41.7 Å². The number of carbonyl (C=O) groups is 4. The second-order valence-corrected chi connectivity index (χ2v) is 11.1. The van der Waals surface area contributed by atoms with Crippen LogP contribution in [-0.4, -0.2) is 61.5 Å². The Bertz CT molecular complexity index is 1270. The quantitative estimate of drug-likeness (QED) is 0.276. The Hall–Kier alpha value is -3.05. The molecule has 2 aliphatic heterocycles. The molecule has 2 aromatic rings. The molecule has 1 unspecified atom stereocenters. The molecule has 4 heterocycles. The van der Waals surface area contributed by atoms with Crippen molar-refractivity contribution in [1.82, 2.24) is 14.3 Å². The summed E-state index contributed by atoms with van der Waals surface area (Å²) >= 11 is 1.28. The number of Topliss-reactive ketones (excluding diaryl/α,β-unsaturated/α-hetero) is 1. The molecule has 11 heteroatoms. The van der Waals surface area contributed by atoms with Crippen LogP contribution in [0.25, 0.3) is 10.4 Å². The summed E-state index contributed by atoms with van der Waals surface area (Å²) in [5.41, 5.74) is 0.177. The number of imidazole rings is 1. The van der Waals surface area contributed by atoms with E-state index in [2.05, 4.69) is 4.98 Å². The van der Waals surface area contributed by atoms with E-state index in [0.29, 0.717) is 21.0 Å². The van der Waals surface area contributed by atoms with Gasteiger partial charge in [0.1, 0.15) is 22.5 Å². The Kier molecular flexibility index (Phi) is 6.13. The third kappa shape index (κ3) is 4.06. The molecular weight excluding hydrogens is 474 g/mol. The molecule has 1 saturated heterocycles. The minimum atomic E-state index is -1.17. The van der Waals surface area contributed by atoms with Crippen LogP contribution in [0.1, 0.15) is 63.8 Å². The molecule has 2 aliphatic rings. The van der Waals surface area contributed by atoms with Crippen LogP contribution in [0.4, 0.5) is 0 Å². The molecule has 35 heavy (non-hydrogen) atoms. The summed E-state index contributed by atoms with van der Waals surface area (Å²) in [6.07, 6.45) is 1.22. The highest BCUT2D eigenvalue weighted by molar-refractivity contribution is 7.18. The van der Waals surface area contributed by atoms with Gasteiger partial charge in [0.05, 0.1) is 28.4 Å². The Morgan fingerprint density at radius 3 is 2.43 bits per heavy atom. The van der Waals surface area contributed by atoms with Gasteiger partial charge in [-0.3, -0.25) is 18.8 Å². The van der Waals surface area contributed by atoms with Crippen LogP contribution in [0, 0.1) is 17.3 Å². The van der Waals surface area contributed by atoms with Crippen molar-refractivity contribution in [3.8, 4) is 0 Å². The van der Waals surface area contributed by atoms with Crippen LogP contribution in [-0.2, 0) is 23.9 Å². The molecule has 0 spiro atoms. The molecule has 10 nitrogen and oxygen atoms in total. The first-order valence-electron chi connectivity index (χ1n) is 11.4. The fraction of sp³-hybridized carbons (Fsp3) is 0.542. The SMILES string of the molecule is CC(=O)c1ncn2cc(C3=C(C(=O)OC(C)OC(=O)C(C)(C)C)N4C(=O)[C@H]([C@@H](C)O)[C@H]4[C@H]3C)sc12. The van der Waals surface area contributed by atoms with E-state index in [1.165, 1.54) is 36.4 Å². The molecule has 1 fully saturated rings. The number of hydrogen-bond donors (Lipinski definition) is 1. The molecule has 188 valence electrons. The van der Waals surface area contributed by atoms with Crippen LogP contribution in [0.2, 0.25) is 0 Å². The third-order valence-corrected chi connectivity index (χ3v) is 7.48. The number of esters is 2. The number of fused-ring (bicyclic) bond motifs is 2. The molecule has 0 radical (unpaired) electrons. The zero-order valence-electron chi connectivity index (χ0n) is 20.7. The maximum absolute atomic E-state index is 13.4. The van der Waals surface area contributed by atoms with Gasteiger partial charge in [-0.2, -0.15) is 0 Å². The average molecular weight is 504 g/mol. The van der Waals surface area contributed by atoms with Crippen LogP contribution < -0.4 is 0 Å². The summed E-state index contributed by atoms with van der Waals surface area (Å²) in [6, 6.07) is -0.417. The first-order valence-corrected chi connectivity index (χ1v) is 12.2. The van der Waals surface area contributed by atoms with E-state index in [1.807, 2.05) is 6.92 Å². The van der Waals surface area contributed by atoms with Crippen molar-refractivity contribution in [3.05, 3.63) is 28.8 Å². The second kappa shape index (κ2) is 8.56. The molecule has 0 aliphatic carbocycles. The van der Waals surface area contributed by atoms with E-state index in [4.69, 9.17) is 9.47 Å². The number of aliphatic hydroxyl groups is 1. The largest absolute Gasteiger partial charge is 0.425 e. The van der Waals surface area contributed by atoms with Crippen LogP contribution in [0.3, 0.4) is 0 Å². The summed E-state index contributed by atoms with van der Waals surface area (Å²) in [7, 11) is 0. The van der Waals surface area contributed by atoms with Gasteiger partial charge >= 0.3 is 11.9 Å². The number of rotatable bonds is 6. The molecule has 4 rings (SSSR count). The van der Waals surface area contributed by atoms with Crippen LogP contribution >= 0.6 is 11.3 Å². The highest BCUT2D eigenvalue weighted by atomic mass is 32.1. The zero-order valence-corrected chi connectivity index (χ0v) is 21.5. The first-order chi connectivity index (χ1) is 16.2. The van der Waals surface area contributed by atoms with Crippen molar-refractivity contribution < 1.29 is 33.8 Å². The molecule has 0 saturated carbocycles. The van der Waals surface area contributed by atoms with E-state index in [-0.39, 0.29) is 23.3 Å². The smallest absolute Gasteiger partial charge is 0.358 e. The Morgan fingerprint density at radius 1 is 1.20 bits per heavy atom. The molecule has 5 atom stereocenters. The Labute approximate surface area is 206 Å². The molecule has 1 N–H and O–H groups in total. The second-order valence-electron chi connectivity index (χ2n) is 10.1. The van der Waals surface area contributed by atoms with Crippen molar-refractivity contribution in [2.24, 2.45) is 17.3 Å². The third-order valence-electron chi connectivity index (χ3n) is 6.33. The molecule has 0 bridgehead atoms. The molecule has 1 amide bonds. The standard InChI is InChI=1S/C24H29N3O7S/c1-10-15(14-8-26-9-25-17(12(3)29)21(26)35-14)19(27-18(10)16(11(2)28)20(27)30)22(31)33-13(4)34-23(32)24(5,6)7/h8-11,13,16,18,28H,1-7H3/t10-,11+,13?,16+,18+/m0/s1. The molecular formula is C24H29N3O7S. The predicted octanol–water partition coefficient (Wildman–Crippen LogP) is 2.65. The van der Waals surface area contributed by atoms with Gasteiger partial charge in [-0.05, 0) is 27.7 Å². The van der Waals surface area contributed by atoms with E-state index in [9.17, 15) is 24.3 Å². The Balaban J connectivity index is 1.74. The lowest BCUT2D eigenvalue weighted by atomic mass is 9.77. The average Bonchev–Trinajstić information content (AvgIpc) is 3.36. The monoisotopic (exact) mass is 503 g/mol. The number of carbonyl (C=O) groups excluding carboxylic acids is 4. The van der Waals surface area contributed by atoms with E-state index in [1.54, 1.807) is 38.3 Å². The van der Waals surface area contributed by atoms with Crippen LogP contribution in [0.15, 0.2) is 18.2 Å². The molecule has 0 aromatic carbocycles. The van der Waals surface area contributed by atoms with Gasteiger partial charge in [0.25, 0.3) is 0 Å². The maximum Gasteiger partial charge on any atom is 0.358 e. The lowest BCUT2D eigenvalue weighted by Gasteiger charge is -2.46. The lowest BCUT2D eigenvalue weighted by molar-refractivity contribution is -0.190. The van der Waals surface area contributed by atoms with Gasteiger partial charge in [-0.25, -0.2) is 9.78 Å². The number of thiazole rings is 1. The zero-order chi connectivity index (χ0) is 26.0. The summed E-state index contributed by atoms with van der Waals surface area (Å²) < 4.78 is 12.4. The summed E-state index contributed by atoms with van der Waals surface area (Å²) in [5.74, 6) is -2.83. The van der Waals surface area contributed by atoms with Crippen molar-refractivity contribution in [2.75, 3.05) is 0 Å². The van der Waals surface area contributed by atoms with Gasteiger partial charge < -0.3 is 19.5 Å². The number of hydrogen-bond acceptors (Lipinski definition) is 9. The summed E-state index contributed by atoms with van der Waals surface area (Å²) in [6.45, 7) is 11.4. The first kappa shape index (κ1) is 25.1. The number of aromatic nitrogens is 2. The van der Waals surface area contributed by atoms with Gasteiger partial charge in [0.2, 0.25) is 12.2 Å². The van der Waals surface area contributed by atoms with E-state index in [0.717, 1.165) is 0 Å². The maximum atomic E-state index is 13.4. The molecule has 2 aromatic heterocycles. The highest BCUT2D eigenvalue weighted by Gasteiger charge is 2.60. The van der Waals surface area contributed by atoms with Gasteiger partial charge in [-0.15, -0.1) is 11.3 Å². The van der Waals surface area contributed by atoms with Crippen LogP contribution in [0.5, 0.6) is 0 Å². The highest BCUT2D eigenvalue weighted by Crippen LogP contribution is 2.51. The van der Waals surface area contributed by atoms with Gasteiger partial charge in [-0.1, -0.05) is 6.92 Å². The number of ketones is 1. The number of β-lactam (4-membered cyclic amide) rings is 1. The number of nitrogens with zero attached hydrogens (tertiary/aromatic N) is 3. The Morgan fingerprint density at radius 2 is 1.86 bits per heavy atom. The lowest BCUT2D eigenvalue weighted by Crippen LogP contribution is -2.63. The minimum absolute atomic E-state index is 0.0601. The van der Waals surface area contributed by atoms with Crippen molar-refractivity contribution in [2.45, 2.75) is 66.9 Å². The minimum Gasteiger partial charge on any atom is -0.425 e. The van der Waals surface area contributed by atoms with E-state index >= 15 is 0 Å². The van der Waals surface area contributed by atoms with Crippen molar-refractivity contribution >= 4 is 45.4 Å². The topological polar surface area (TPSA) is 128 Å². The van der Waals surface area contributed by atoms with Gasteiger partial charge in [0, 0.05) is 31.5 Å². The summed E-state index contributed by atoms with van der Waals surface area (Å²) in [4.78, 5) is 57.3. The number of amides is 1.